The molecule has 0 aromatic heterocycles. The van der Waals surface area contributed by atoms with E-state index < -0.39 is 5.60 Å². The minimum atomic E-state index is -0.401. The third-order valence-corrected chi connectivity index (χ3v) is 6.58. The Kier molecular flexibility index (Phi) is 3.52. The average Bonchev–Trinajstić information content (AvgIpc) is 3.30. The summed E-state index contributed by atoms with van der Waals surface area (Å²) in [5.74, 6) is -0.606. The van der Waals surface area contributed by atoms with E-state index in [-0.39, 0.29) is 41.4 Å². The SMILES string of the molecule is C=C1C(=O)O[C@H]2[C@@H]3C4(C=C[C@@H](OC(=O)/C(C)=C/C)[C@@]3(C)CC[C@@H]12)CO4. The van der Waals surface area contributed by atoms with Crippen LogP contribution in [0, 0.1) is 17.3 Å². The van der Waals surface area contributed by atoms with Gasteiger partial charge in [-0.3, -0.25) is 0 Å². The topological polar surface area (TPSA) is 65.1 Å². The maximum Gasteiger partial charge on any atom is 0.334 e. The van der Waals surface area contributed by atoms with E-state index >= 15 is 0 Å². The fourth-order valence-electron chi connectivity index (χ4n) is 4.86. The second-order valence-corrected chi connectivity index (χ2v) is 7.92. The zero-order chi connectivity index (χ0) is 18.0. The number of hydrogen-bond acceptors (Lipinski definition) is 5. The summed E-state index contributed by atoms with van der Waals surface area (Å²) < 4.78 is 17.3. The molecule has 3 fully saturated rings. The van der Waals surface area contributed by atoms with Gasteiger partial charge in [-0.15, -0.1) is 0 Å². The Balaban J connectivity index is 1.69. The largest absolute Gasteiger partial charge is 0.458 e. The molecule has 0 bridgehead atoms. The number of epoxide rings is 1. The Morgan fingerprint density at radius 3 is 2.84 bits per heavy atom. The van der Waals surface area contributed by atoms with E-state index in [2.05, 4.69) is 13.5 Å². The van der Waals surface area contributed by atoms with Crippen LogP contribution >= 0.6 is 0 Å². The van der Waals surface area contributed by atoms with Crippen LogP contribution in [0.5, 0.6) is 0 Å². The van der Waals surface area contributed by atoms with Gasteiger partial charge in [0.05, 0.1) is 6.61 Å². The smallest absolute Gasteiger partial charge is 0.334 e. The standard InChI is InChI=1S/C20H24O5/c1-5-11(2)17(21)24-14-7-9-20(10-23-20)16-15-13(6-8-19(14,16)4)12(3)18(22)25-15/h5,7,9,13-16H,3,6,8,10H2,1-2,4H3/b11-5+/t13-,14+,15+,16-,19+,20?/m0/s1. The number of allylic oxidation sites excluding steroid dienone is 1. The molecule has 2 aliphatic carbocycles. The van der Waals surface area contributed by atoms with Crippen LogP contribution in [0.25, 0.3) is 0 Å². The van der Waals surface area contributed by atoms with E-state index in [1.807, 2.05) is 19.1 Å². The van der Waals surface area contributed by atoms with Gasteiger partial charge in [0.25, 0.3) is 0 Å². The minimum Gasteiger partial charge on any atom is -0.458 e. The second kappa shape index (κ2) is 5.31. The lowest BCUT2D eigenvalue weighted by atomic mass is 9.54. The highest BCUT2D eigenvalue weighted by Gasteiger charge is 2.69. The van der Waals surface area contributed by atoms with Gasteiger partial charge >= 0.3 is 11.9 Å². The Labute approximate surface area is 147 Å². The summed E-state index contributed by atoms with van der Waals surface area (Å²) in [6.07, 6.45) is 6.73. The Bertz CT molecular complexity index is 714. The zero-order valence-corrected chi connectivity index (χ0v) is 14.9. The number of hydrogen-bond donors (Lipinski definition) is 0. The van der Waals surface area contributed by atoms with Gasteiger partial charge in [-0.25, -0.2) is 9.59 Å². The molecule has 2 saturated heterocycles. The molecule has 0 aromatic carbocycles. The predicted molar refractivity (Wildman–Crippen MR) is 90.5 cm³/mol. The molecule has 25 heavy (non-hydrogen) atoms. The van der Waals surface area contributed by atoms with Crippen molar-refractivity contribution in [1.82, 2.24) is 0 Å². The van der Waals surface area contributed by atoms with Crippen molar-refractivity contribution >= 4 is 11.9 Å². The molecule has 2 aliphatic heterocycles. The van der Waals surface area contributed by atoms with Gasteiger partial charge in [0.2, 0.25) is 0 Å². The van der Waals surface area contributed by atoms with Gasteiger partial charge in [-0.05, 0) is 32.8 Å². The van der Waals surface area contributed by atoms with Crippen molar-refractivity contribution < 1.29 is 23.8 Å². The molecule has 0 N–H and O–H groups in total. The third-order valence-electron chi connectivity index (χ3n) is 6.58. The number of carbonyl (C=O) groups is 2. The highest BCUT2D eigenvalue weighted by Crippen LogP contribution is 2.61. The molecule has 1 saturated carbocycles. The van der Waals surface area contributed by atoms with E-state index in [0.29, 0.717) is 17.8 Å². The quantitative estimate of drug-likeness (QED) is 0.333. The van der Waals surface area contributed by atoms with Crippen molar-refractivity contribution in [3.05, 3.63) is 36.0 Å². The van der Waals surface area contributed by atoms with Gasteiger partial charge in [0.1, 0.15) is 17.8 Å². The van der Waals surface area contributed by atoms with Gasteiger partial charge in [0.15, 0.2) is 0 Å². The van der Waals surface area contributed by atoms with E-state index in [1.54, 1.807) is 13.0 Å². The van der Waals surface area contributed by atoms with E-state index in [0.717, 1.165) is 12.8 Å². The Morgan fingerprint density at radius 2 is 2.20 bits per heavy atom. The summed E-state index contributed by atoms with van der Waals surface area (Å²) in [5, 5.41) is 0. The molecule has 0 radical (unpaired) electrons. The summed E-state index contributed by atoms with van der Waals surface area (Å²) in [4.78, 5) is 24.4. The first kappa shape index (κ1) is 16.6. The maximum absolute atomic E-state index is 12.3. The maximum atomic E-state index is 12.3. The zero-order valence-electron chi connectivity index (χ0n) is 14.9. The minimum absolute atomic E-state index is 0.0318. The normalized spacial score (nSPS) is 45.0. The van der Waals surface area contributed by atoms with E-state index in [9.17, 15) is 9.59 Å². The molecule has 4 aliphatic rings. The van der Waals surface area contributed by atoms with Crippen LogP contribution in [0.15, 0.2) is 36.0 Å². The van der Waals surface area contributed by atoms with Crippen molar-refractivity contribution in [1.29, 1.82) is 0 Å². The van der Waals surface area contributed by atoms with Crippen molar-refractivity contribution in [3.63, 3.8) is 0 Å². The Morgan fingerprint density at radius 1 is 1.48 bits per heavy atom. The fraction of sp³-hybridized carbons (Fsp3) is 0.600. The molecule has 1 spiro atoms. The monoisotopic (exact) mass is 344 g/mol. The molecule has 2 heterocycles. The first-order chi connectivity index (χ1) is 11.8. The van der Waals surface area contributed by atoms with E-state index in [4.69, 9.17) is 14.2 Å². The van der Waals surface area contributed by atoms with Gasteiger partial charge in [-0.2, -0.15) is 0 Å². The summed E-state index contributed by atoms with van der Waals surface area (Å²) in [7, 11) is 0. The molecule has 0 aromatic rings. The lowest BCUT2D eigenvalue weighted by Gasteiger charge is -2.52. The lowest BCUT2D eigenvalue weighted by Crippen LogP contribution is -2.58. The molecular formula is C20H24O5. The van der Waals surface area contributed by atoms with Crippen LogP contribution in [0.2, 0.25) is 0 Å². The molecular weight excluding hydrogens is 320 g/mol. The Hall–Kier alpha value is -1.88. The number of esters is 2. The average molecular weight is 344 g/mol. The summed E-state index contributed by atoms with van der Waals surface area (Å²) >= 11 is 0. The number of fused-ring (bicyclic) bond motifs is 4. The van der Waals surface area contributed by atoms with Crippen molar-refractivity contribution in [2.45, 2.75) is 51.4 Å². The molecule has 4 rings (SSSR count). The molecule has 5 nitrogen and oxygen atoms in total. The van der Waals surface area contributed by atoms with Crippen LogP contribution in [0.3, 0.4) is 0 Å². The van der Waals surface area contributed by atoms with Crippen molar-refractivity contribution in [2.75, 3.05) is 6.61 Å². The first-order valence-corrected chi connectivity index (χ1v) is 8.89. The first-order valence-electron chi connectivity index (χ1n) is 8.89. The fourth-order valence-corrected chi connectivity index (χ4v) is 4.86. The van der Waals surface area contributed by atoms with Crippen molar-refractivity contribution in [2.24, 2.45) is 17.3 Å². The highest BCUT2D eigenvalue weighted by atomic mass is 16.6. The van der Waals surface area contributed by atoms with Crippen LogP contribution in [-0.4, -0.2) is 36.4 Å². The van der Waals surface area contributed by atoms with Crippen LogP contribution in [0.1, 0.15) is 33.6 Å². The van der Waals surface area contributed by atoms with Gasteiger partial charge < -0.3 is 14.2 Å². The van der Waals surface area contributed by atoms with Crippen LogP contribution in [0.4, 0.5) is 0 Å². The molecule has 1 unspecified atom stereocenters. The predicted octanol–water partition coefficient (Wildman–Crippen LogP) is 2.72. The van der Waals surface area contributed by atoms with Gasteiger partial charge in [-0.1, -0.05) is 25.7 Å². The molecule has 134 valence electrons. The lowest BCUT2D eigenvalue weighted by molar-refractivity contribution is -0.169. The number of carbonyl (C=O) groups excluding carboxylic acids is 2. The number of ether oxygens (including phenoxy) is 3. The summed E-state index contributed by atoms with van der Waals surface area (Å²) in [6.45, 7) is 10.2. The second-order valence-electron chi connectivity index (χ2n) is 7.92. The van der Waals surface area contributed by atoms with Crippen LogP contribution in [-0.2, 0) is 23.8 Å². The summed E-state index contributed by atoms with van der Waals surface area (Å²) in [6, 6.07) is 0. The van der Waals surface area contributed by atoms with E-state index in [1.165, 1.54) is 0 Å². The highest BCUT2D eigenvalue weighted by molar-refractivity contribution is 5.91. The summed E-state index contributed by atoms with van der Waals surface area (Å²) in [5.41, 5.74) is 0.421. The number of rotatable bonds is 2. The van der Waals surface area contributed by atoms with Crippen LogP contribution < -0.4 is 0 Å². The van der Waals surface area contributed by atoms with Crippen molar-refractivity contribution in [3.8, 4) is 0 Å². The third kappa shape index (κ3) is 2.25. The molecule has 5 heteroatoms. The van der Waals surface area contributed by atoms with Gasteiger partial charge in [0, 0.05) is 28.4 Å². The molecule has 6 atom stereocenters. The molecule has 0 amide bonds.